The van der Waals surface area contributed by atoms with E-state index in [-0.39, 0.29) is 29.9 Å². The van der Waals surface area contributed by atoms with Crippen molar-refractivity contribution in [2.45, 2.75) is 33.0 Å². The van der Waals surface area contributed by atoms with Crippen LogP contribution in [-0.2, 0) is 24.4 Å². The predicted molar refractivity (Wildman–Crippen MR) is 144 cm³/mol. The molecule has 0 bridgehead atoms. The van der Waals surface area contributed by atoms with Crippen molar-refractivity contribution in [3.05, 3.63) is 89.7 Å². The third kappa shape index (κ3) is 8.88. The smallest absolute Gasteiger partial charge is 0.224 e. The summed E-state index contributed by atoms with van der Waals surface area (Å²) in [5.74, 6) is 0.807. The van der Waals surface area contributed by atoms with Crippen LogP contribution < -0.4 is 10.6 Å². The van der Waals surface area contributed by atoms with E-state index in [1.807, 2.05) is 73.4 Å². The summed E-state index contributed by atoms with van der Waals surface area (Å²) in [4.78, 5) is 19.0. The van der Waals surface area contributed by atoms with Crippen LogP contribution in [0.3, 0.4) is 0 Å². The minimum Gasteiger partial charge on any atom is -0.357 e. The second-order valence-electron chi connectivity index (χ2n) is 7.58. The highest BCUT2D eigenvalue weighted by molar-refractivity contribution is 14.0. The maximum Gasteiger partial charge on any atom is 0.224 e. The molecule has 3 rings (SSSR count). The molecule has 2 aromatic carbocycles. The van der Waals surface area contributed by atoms with Crippen LogP contribution in [0.25, 0.3) is 0 Å². The van der Waals surface area contributed by atoms with Gasteiger partial charge in [-0.1, -0.05) is 54.6 Å². The molecule has 0 aliphatic carbocycles. The number of guanidine groups is 1. The van der Waals surface area contributed by atoms with E-state index in [0.717, 1.165) is 17.7 Å². The Labute approximate surface area is 213 Å². The number of carbonyl (C=O) groups excluding carboxylic acids is 1. The summed E-state index contributed by atoms with van der Waals surface area (Å²) in [5.41, 5.74) is 3.47. The highest BCUT2D eigenvalue weighted by atomic mass is 127. The number of amides is 1. The first-order valence-corrected chi connectivity index (χ1v) is 11.0. The van der Waals surface area contributed by atoms with Crippen molar-refractivity contribution in [2.24, 2.45) is 4.99 Å². The molecule has 2 N–H and O–H groups in total. The van der Waals surface area contributed by atoms with Gasteiger partial charge in [0.25, 0.3) is 0 Å². The number of aromatic nitrogens is 2. The zero-order chi connectivity index (χ0) is 22.6. The summed E-state index contributed by atoms with van der Waals surface area (Å²) in [6, 6.07) is 20.2. The van der Waals surface area contributed by atoms with E-state index in [0.29, 0.717) is 38.6 Å². The molecule has 176 valence electrons. The quantitative estimate of drug-likeness (QED) is 0.226. The lowest BCUT2D eigenvalue weighted by Crippen LogP contribution is -2.39. The molecule has 7 nitrogen and oxygen atoms in total. The minimum absolute atomic E-state index is 0. The van der Waals surface area contributed by atoms with Gasteiger partial charge in [0.15, 0.2) is 5.96 Å². The molecule has 8 heteroatoms. The van der Waals surface area contributed by atoms with Gasteiger partial charge >= 0.3 is 0 Å². The molecule has 0 spiro atoms. The molecule has 33 heavy (non-hydrogen) atoms. The number of hydrogen-bond donors (Lipinski definition) is 2. The van der Waals surface area contributed by atoms with Crippen LogP contribution >= 0.6 is 24.0 Å². The van der Waals surface area contributed by atoms with Gasteiger partial charge in [0.2, 0.25) is 5.91 Å². The van der Waals surface area contributed by atoms with E-state index >= 15 is 0 Å². The average molecular weight is 560 g/mol. The van der Waals surface area contributed by atoms with Gasteiger partial charge in [-0.05, 0) is 29.7 Å². The maximum atomic E-state index is 12.5. The van der Waals surface area contributed by atoms with Crippen molar-refractivity contribution in [1.82, 2.24) is 25.3 Å². The number of hydrogen-bond acceptors (Lipinski definition) is 3. The third-order valence-corrected chi connectivity index (χ3v) is 5.08. The van der Waals surface area contributed by atoms with Crippen molar-refractivity contribution < 1.29 is 4.79 Å². The minimum atomic E-state index is 0. The highest BCUT2D eigenvalue weighted by Gasteiger charge is 2.10. The molecular formula is C25H33IN6O. The molecule has 0 aliphatic rings. The summed E-state index contributed by atoms with van der Waals surface area (Å²) in [6.07, 6.45) is 4.15. The van der Waals surface area contributed by atoms with Gasteiger partial charge in [0.05, 0.1) is 13.1 Å². The molecule has 0 aliphatic heterocycles. The molecule has 0 saturated heterocycles. The lowest BCUT2D eigenvalue weighted by atomic mass is 10.1. The van der Waals surface area contributed by atoms with Crippen molar-refractivity contribution in [2.75, 3.05) is 20.1 Å². The first-order chi connectivity index (χ1) is 15.7. The van der Waals surface area contributed by atoms with Crippen molar-refractivity contribution in [3.63, 3.8) is 0 Å². The standard InChI is InChI=1S/C25H32N6O.HI/c1-3-26-25(27-16-14-24(32)30(2)19-21-10-5-4-6-11-21)28-18-22-12-7-8-13-23(22)20-31-17-9-15-29-31;/h4-13,15,17H,3,14,16,18-20H2,1-2H3,(H2,26,27,28);1H. The van der Waals surface area contributed by atoms with E-state index < -0.39 is 0 Å². The van der Waals surface area contributed by atoms with Gasteiger partial charge in [-0.15, -0.1) is 24.0 Å². The number of benzene rings is 2. The number of halogens is 1. The van der Waals surface area contributed by atoms with Crippen molar-refractivity contribution in [3.8, 4) is 0 Å². The Balaban J connectivity index is 0.00000385. The zero-order valence-electron chi connectivity index (χ0n) is 19.3. The van der Waals surface area contributed by atoms with Gasteiger partial charge in [-0.25, -0.2) is 4.99 Å². The molecular weight excluding hydrogens is 527 g/mol. The van der Waals surface area contributed by atoms with Gasteiger partial charge in [0, 0.05) is 45.5 Å². The Morgan fingerprint density at radius 1 is 1.03 bits per heavy atom. The van der Waals surface area contributed by atoms with E-state index in [2.05, 4.69) is 27.9 Å². The van der Waals surface area contributed by atoms with Crippen LogP contribution in [-0.4, -0.2) is 46.7 Å². The van der Waals surface area contributed by atoms with E-state index in [1.165, 1.54) is 5.56 Å². The molecule has 0 fully saturated rings. The SMILES string of the molecule is CCNC(=NCc1ccccc1Cn1cccn1)NCCC(=O)N(C)Cc1ccccc1.I. The normalized spacial score (nSPS) is 10.9. The predicted octanol–water partition coefficient (Wildman–Crippen LogP) is 3.65. The summed E-state index contributed by atoms with van der Waals surface area (Å²) < 4.78 is 1.91. The number of nitrogens with zero attached hydrogens (tertiary/aromatic N) is 4. The fourth-order valence-electron chi connectivity index (χ4n) is 3.36. The lowest BCUT2D eigenvalue weighted by molar-refractivity contribution is -0.130. The van der Waals surface area contributed by atoms with Crippen LogP contribution in [0.4, 0.5) is 0 Å². The van der Waals surface area contributed by atoms with Gasteiger partial charge < -0.3 is 15.5 Å². The first-order valence-electron chi connectivity index (χ1n) is 11.0. The summed E-state index contributed by atoms with van der Waals surface area (Å²) in [6.45, 7) is 5.18. The third-order valence-electron chi connectivity index (χ3n) is 5.08. The van der Waals surface area contributed by atoms with Crippen molar-refractivity contribution >= 4 is 35.8 Å². The number of aliphatic imine (C=N–C) groups is 1. The zero-order valence-corrected chi connectivity index (χ0v) is 21.6. The second-order valence-corrected chi connectivity index (χ2v) is 7.58. The van der Waals surface area contributed by atoms with Crippen LogP contribution in [0, 0.1) is 0 Å². The second kappa shape index (κ2) is 14.3. The summed E-state index contributed by atoms with van der Waals surface area (Å²) in [5, 5.41) is 10.8. The first kappa shape index (κ1) is 26.4. The Hall–Kier alpha value is -2.88. The molecule has 3 aromatic rings. The monoisotopic (exact) mass is 560 g/mol. The van der Waals surface area contributed by atoms with E-state index in [9.17, 15) is 4.79 Å². The number of carbonyl (C=O) groups is 1. The molecule has 0 unspecified atom stereocenters. The van der Waals surface area contributed by atoms with Crippen molar-refractivity contribution in [1.29, 1.82) is 0 Å². The molecule has 0 saturated carbocycles. The fraction of sp³-hybridized carbons (Fsp3) is 0.320. The molecule has 1 aromatic heterocycles. The van der Waals surface area contributed by atoms with Gasteiger partial charge in [-0.3, -0.25) is 9.48 Å². The maximum absolute atomic E-state index is 12.5. The average Bonchev–Trinajstić information content (AvgIpc) is 3.32. The van der Waals surface area contributed by atoms with Gasteiger partial charge in [0.1, 0.15) is 0 Å². The largest absolute Gasteiger partial charge is 0.357 e. The Morgan fingerprint density at radius 2 is 1.76 bits per heavy atom. The molecule has 1 amide bonds. The topological polar surface area (TPSA) is 74.5 Å². The van der Waals surface area contributed by atoms with Crippen LogP contribution in [0.5, 0.6) is 0 Å². The van der Waals surface area contributed by atoms with Gasteiger partial charge in [-0.2, -0.15) is 5.10 Å². The van der Waals surface area contributed by atoms with Crippen LogP contribution in [0.15, 0.2) is 78.0 Å². The van der Waals surface area contributed by atoms with Crippen LogP contribution in [0.2, 0.25) is 0 Å². The number of rotatable bonds is 10. The summed E-state index contributed by atoms with van der Waals surface area (Å²) in [7, 11) is 1.84. The lowest BCUT2D eigenvalue weighted by Gasteiger charge is -2.18. The fourth-order valence-corrected chi connectivity index (χ4v) is 3.36. The Morgan fingerprint density at radius 3 is 2.45 bits per heavy atom. The molecule has 0 atom stereocenters. The highest BCUT2D eigenvalue weighted by Crippen LogP contribution is 2.11. The van der Waals surface area contributed by atoms with E-state index in [1.54, 1.807) is 11.1 Å². The summed E-state index contributed by atoms with van der Waals surface area (Å²) >= 11 is 0. The number of nitrogens with one attached hydrogen (secondary N) is 2. The molecule has 0 radical (unpaired) electrons. The molecule has 1 heterocycles. The van der Waals surface area contributed by atoms with E-state index in [4.69, 9.17) is 4.99 Å². The Kier molecular flexibility index (Phi) is 11.4. The Bertz CT molecular complexity index is 991. The van der Waals surface area contributed by atoms with Crippen LogP contribution in [0.1, 0.15) is 30.0 Å².